The summed E-state index contributed by atoms with van der Waals surface area (Å²) < 4.78 is 65.4. The summed E-state index contributed by atoms with van der Waals surface area (Å²) in [6, 6.07) is 3.70. The smallest absolute Gasteiger partial charge is 0.303 e. The van der Waals surface area contributed by atoms with E-state index in [0.29, 0.717) is 13.1 Å². The molecule has 0 aliphatic carbocycles. The Balaban J connectivity index is 1.98. The summed E-state index contributed by atoms with van der Waals surface area (Å²) in [5.41, 5.74) is -0.935. The molecule has 2 fully saturated rings. The fraction of sp³-hybridized carbons (Fsp3) is 0.571. The standard InChI is InChI=1S/C14H17F3N2O2S/c1-18-8-11-5-6-12(9-18)19(11)22(20,21)13-4-2-3-10(7-13)14(15,16)17/h2-4,7,11-12H,5-6,8-9H2,1H3. The van der Waals surface area contributed by atoms with Crippen LogP contribution in [0, 0.1) is 0 Å². The summed E-state index contributed by atoms with van der Waals surface area (Å²) in [4.78, 5) is 1.80. The maximum Gasteiger partial charge on any atom is 0.416 e. The van der Waals surface area contributed by atoms with Crippen LogP contribution in [0.1, 0.15) is 18.4 Å². The van der Waals surface area contributed by atoms with Crippen LogP contribution >= 0.6 is 0 Å². The first-order valence-electron chi connectivity index (χ1n) is 7.09. The van der Waals surface area contributed by atoms with Crippen molar-refractivity contribution in [3.05, 3.63) is 29.8 Å². The van der Waals surface area contributed by atoms with Crippen LogP contribution in [0.4, 0.5) is 13.2 Å². The number of sulfonamides is 1. The van der Waals surface area contributed by atoms with Crippen molar-refractivity contribution in [3.63, 3.8) is 0 Å². The van der Waals surface area contributed by atoms with E-state index < -0.39 is 21.8 Å². The number of benzene rings is 1. The van der Waals surface area contributed by atoms with Gasteiger partial charge in [-0.05, 0) is 38.1 Å². The maximum absolute atomic E-state index is 12.8. The van der Waals surface area contributed by atoms with Gasteiger partial charge in [0, 0.05) is 25.2 Å². The highest BCUT2D eigenvalue weighted by Crippen LogP contribution is 2.36. The molecule has 0 spiro atoms. The predicted octanol–water partition coefficient (Wildman–Crippen LogP) is 2.17. The molecule has 2 aliphatic heterocycles. The van der Waals surface area contributed by atoms with Crippen LogP contribution in [0.5, 0.6) is 0 Å². The molecule has 22 heavy (non-hydrogen) atoms. The summed E-state index contributed by atoms with van der Waals surface area (Å²) in [6.07, 6.45) is -3.03. The van der Waals surface area contributed by atoms with Crippen LogP contribution in [0.15, 0.2) is 29.2 Å². The molecule has 8 heteroatoms. The van der Waals surface area contributed by atoms with Gasteiger partial charge in [-0.25, -0.2) is 8.42 Å². The molecule has 3 rings (SSSR count). The summed E-state index contributed by atoms with van der Waals surface area (Å²) in [5.74, 6) is 0. The van der Waals surface area contributed by atoms with E-state index >= 15 is 0 Å². The quantitative estimate of drug-likeness (QED) is 0.832. The Morgan fingerprint density at radius 2 is 1.73 bits per heavy atom. The van der Waals surface area contributed by atoms with Gasteiger partial charge in [0.15, 0.2) is 0 Å². The Hall–Kier alpha value is -1.12. The molecule has 2 saturated heterocycles. The predicted molar refractivity (Wildman–Crippen MR) is 74.8 cm³/mol. The SMILES string of the molecule is CN1CC2CCC(C1)N2S(=O)(=O)c1cccc(C(F)(F)F)c1. The number of hydrogen-bond donors (Lipinski definition) is 0. The van der Waals surface area contributed by atoms with Gasteiger partial charge in [0.05, 0.1) is 10.5 Å². The Kier molecular flexibility index (Phi) is 3.73. The zero-order chi connectivity index (χ0) is 16.1. The van der Waals surface area contributed by atoms with Crippen LogP contribution in [-0.2, 0) is 16.2 Å². The van der Waals surface area contributed by atoms with Crippen LogP contribution in [0.2, 0.25) is 0 Å². The van der Waals surface area contributed by atoms with Gasteiger partial charge in [-0.3, -0.25) is 0 Å². The first kappa shape index (κ1) is 15.8. The van der Waals surface area contributed by atoms with Crippen molar-refractivity contribution in [2.45, 2.75) is 36.0 Å². The van der Waals surface area contributed by atoms with Gasteiger partial charge in [-0.1, -0.05) is 6.07 Å². The second kappa shape index (κ2) is 5.21. The van der Waals surface area contributed by atoms with E-state index in [1.54, 1.807) is 0 Å². The molecule has 0 radical (unpaired) electrons. The molecule has 2 bridgehead atoms. The van der Waals surface area contributed by atoms with E-state index in [1.807, 2.05) is 7.05 Å². The Morgan fingerprint density at radius 3 is 2.27 bits per heavy atom. The topological polar surface area (TPSA) is 40.6 Å². The second-order valence-corrected chi connectivity index (χ2v) is 7.81. The van der Waals surface area contributed by atoms with Crippen molar-refractivity contribution in [1.82, 2.24) is 9.21 Å². The minimum absolute atomic E-state index is 0.150. The number of hydrogen-bond acceptors (Lipinski definition) is 3. The molecule has 2 unspecified atom stereocenters. The van der Waals surface area contributed by atoms with Crippen LogP contribution in [-0.4, -0.2) is 49.8 Å². The fourth-order valence-electron chi connectivity index (χ4n) is 3.42. The molecule has 4 nitrogen and oxygen atoms in total. The normalized spacial score (nSPS) is 27.3. The number of alkyl halides is 3. The average Bonchev–Trinajstić information content (AvgIpc) is 2.71. The van der Waals surface area contributed by atoms with Crippen molar-refractivity contribution in [1.29, 1.82) is 0 Å². The Morgan fingerprint density at radius 1 is 1.14 bits per heavy atom. The van der Waals surface area contributed by atoms with E-state index in [-0.39, 0.29) is 17.0 Å². The van der Waals surface area contributed by atoms with Crippen molar-refractivity contribution >= 4 is 10.0 Å². The molecule has 2 aliphatic rings. The average molecular weight is 334 g/mol. The van der Waals surface area contributed by atoms with Crippen molar-refractivity contribution in [2.24, 2.45) is 0 Å². The lowest BCUT2D eigenvalue weighted by atomic mass is 10.2. The lowest BCUT2D eigenvalue weighted by Gasteiger charge is -2.38. The zero-order valence-corrected chi connectivity index (χ0v) is 12.9. The number of likely N-dealkylation sites (tertiary alicyclic amines) is 1. The van der Waals surface area contributed by atoms with Gasteiger partial charge in [0.25, 0.3) is 0 Å². The third-order valence-electron chi connectivity index (χ3n) is 4.33. The number of likely N-dealkylation sites (N-methyl/N-ethyl adjacent to an activating group) is 1. The van der Waals surface area contributed by atoms with E-state index in [4.69, 9.17) is 0 Å². The summed E-state index contributed by atoms with van der Waals surface area (Å²) in [6.45, 7) is 1.24. The fourth-order valence-corrected chi connectivity index (χ4v) is 5.32. The van der Waals surface area contributed by atoms with E-state index in [9.17, 15) is 21.6 Å². The van der Waals surface area contributed by atoms with E-state index in [1.165, 1.54) is 10.4 Å². The van der Waals surface area contributed by atoms with Crippen LogP contribution < -0.4 is 0 Å². The molecule has 122 valence electrons. The van der Waals surface area contributed by atoms with Gasteiger partial charge in [-0.15, -0.1) is 0 Å². The number of piperazine rings is 1. The largest absolute Gasteiger partial charge is 0.416 e. The first-order valence-corrected chi connectivity index (χ1v) is 8.53. The zero-order valence-electron chi connectivity index (χ0n) is 12.0. The third-order valence-corrected chi connectivity index (χ3v) is 6.34. The van der Waals surface area contributed by atoms with Gasteiger partial charge in [0.2, 0.25) is 10.0 Å². The van der Waals surface area contributed by atoms with Crippen molar-refractivity contribution in [3.8, 4) is 0 Å². The number of fused-ring (bicyclic) bond motifs is 2. The van der Waals surface area contributed by atoms with E-state index in [2.05, 4.69) is 4.90 Å². The third kappa shape index (κ3) is 2.63. The monoisotopic (exact) mass is 334 g/mol. The number of rotatable bonds is 2. The summed E-state index contributed by atoms with van der Waals surface area (Å²) in [7, 11) is -1.97. The lowest BCUT2D eigenvalue weighted by molar-refractivity contribution is -0.137. The molecule has 1 aromatic rings. The van der Waals surface area contributed by atoms with Gasteiger partial charge in [0.1, 0.15) is 0 Å². The lowest BCUT2D eigenvalue weighted by Crippen LogP contribution is -2.54. The Labute approximate surface area is 127 Å². The molecule has 0 N–H and O–H groups in total. The van der Waals surface area contributed by atoms with Crippen molar-refractivity contribution in [2.75, 3.05) is 20.1 Å². The molecular formula is C14H17F3N2O2S. The van der Waals surface area contributed by atoms with Crippen LogP contribution in [0.3, 0.4) is 0 Å². The number of nitrogens with zero attached hydrogens (tertiary/aromatic N) is 2. The summed E-state index contributed by atoms with van der Waals surface area (Å²) in [5, 5.41) is 0. The van der Waals surface area contributed by atoms with Gasteiger partial charge >= 0.3 is 6.18 Å². The second-order valence-electron chi connectivity index (χ2n) is 5.97. The Bertz CT molecular complexity index is 661. The highest BCUT2D eigenvalue weighted by molar-refractivity contribution is 7.89. The molecule has 1 aromatic carbocycles. The van der Waals surface area contributed by atoms with Crippen molar-refractivity contribution < 1.29 is 21.6 Å². The highest BCUT2D eigenvalue weighted by atomic mass is 32.2. The molecule has 0 saturated carbocycles. The van der Waals surface area contributed by atoms with Crippen LogP contribution in [0.25, 0.3) is 0 Å². The van der Waals surface area contributed by atoms with Gasteiger partial charge in [-0.2, -0.15) is 17.5 Å². The first-order chi connectivity index (χ1) is 10.2. The number of halogens is 3. The maximum atomic E-state index is 12.8. The van der Waals surface area contributed by atoms with Gasteiger partial charge < -0.3 is 4.90 Å². The molecule has 0 amide bonds. The molecular weight excluding hydrogens is 317 g/mol. The summed E-state index contributed by atoms with van der Waals surface area (Å²) >= 11 is 0. The minimum atomic E-state index is -4.55. The molecule has 2 atom stereocenters. The highest BCUT2D eigenvalue weighted by Gasteiger charge is 2.46. The molecule has 0 aromatic heterocycles. The molecule has 2 heterocycles. The van der Waals surface area contributed by atoms with E-state index in [0.717, 1.165) is 31.0 Å². The minimum Gasteiger partial charge on any atom is -0.303 e.